The van der Waals surface area contributed by atoms with Crippen molar-refractivity contribution in [1.82, 2.24) is 24.8 Å². The van der Waals surface area contributed by atoms with Crippen LogP contribution in [0.2, 0.25) is 0 Å². The number of anilines is 1. The zero-order chi connectivity index (χ0) is 22.5. The number of hydrogen-bond donors (Lipinski definition) is 1. The van der Waals surface area contributed by atoms with Crippen LogP contribution in [0.15, 0.2) is 72.7 Å². The summed E-state index contributed by atoms with van der Waals surface area (Å²) in [4.78, 5) is 27.6. The van der Waals surface area contributed by atoms with Gasteiger partial charge in [0.25, 0.3) is 0 Å². The van der Waals surface area contributed by atoms with E-state index in [0.29, 0.717) is 22.9 Å². The lowest BCUT2D eigenvalue weighted by molar-refractivity contribution is -0.138. The molecule has 0 unspecified atom stereocenters. The van der Waals surface area contributed by atoms with Crippen LogP contribution >= 0.6 is 0 Å². The Labute approximate surface area is 182 Å². The lowest BCUT2D eigenvalue weighted by Gasteiger charge is -2.10. The van der Waals surface area contributed by atoms with Crippen molar-refractivity contribution in [3.05, 3.63) is 72.7 Å². The van der Waals surface area contributed by atoms with Gasteiger partial charge in [0.2, 0.25) is 0 Å². The fourth-order valence-electron chi connectivity index (χ4n) is 2.97. The fraction of sp³-hybridized carbons (Fsp3) is 0.0909. The highest BCUT2D eigenvalue weighted by Gasteiger charge is 2.14. The fourth-order valence-corrected chi connectivity index (χ4v) is 2.97. The van der Waals surface area contributed by atoms with Crippen molar-refractivity contribution in [3.8, 4) is 22.6 Å². The van der Waals surface area contributed by atoms with Crippen molar-refractivity contribution in [1.29, 1.82) is 0 Å². The highest BCUT2D eigenvalue weighted by Crippen LogP contribution is 2.24. The van der Waals surface area contributed by atoms with Gasteiger partial charge in [0, 0.05) is 29.2 Å². The van der Waals surface area contributed by atoms with Crippen LogP contribution in [-0.2, 0) is 19.1 Å². The van der Waals surface area contributed by atoms with Crippen LogP contribution in [0.3, 0.4) is 0 Å². The second-order valence-electron chi connectivity index (χ2n) is 6.53. The molecule has 1 N–H and O–H groups in total. The molecular formula is C22H18N6O4. The Morgan fingerprint density at radius 1 is 0.969 bits per heavy atom. The minimum Gasteiger partial charge on any atom is -0.466 e. The van der Waals surface area contributed by atoms with Crippen LogP contribution in [0.1, 0.15) is 0 Å². The van der Waals surface area contributed by atoms with E-state index in [-0.39, 0.29) is 5.70 Å². The molecule has 0 saturated heterocycles. The Hall–Kier alpha value is -4.60. The van der Waals surface area contributed by atoms with Crippen molar-refractivity contribution < 1.29 is 19.1 Å². The Kier molecular flexibility index (Phi) is 5.84. The van der Waals surface area contributed by atoms with Gasteiger partial charge in [-0.25, -0.2) is 9.59 Å². The summed E-state index contributed by atoms with van der Waals surface area (Å²) in [5, 5.41) is 16.0. The number of methoxy groups -OCH3 is 2. The number of rotatable bonds is 6. The molecule has 0 amide bonds. The van der Waals surface area contributed by atoms with Crippen molar-refractivity contribution in [3.63, 3.8) is 0 Å². The number of esters is 2. The first-order chi connectivity index (χ1) is 15.6. The quantitative estimate of drug-likeness (QED) is 0.363. The van der Waals surface area contributed by atoms with Crippen molar-refractivity contribution >= 4 is 23.3 Å². The summed E-state index contributed by atoms with van der Waals surface area (Å²) in [6.45, 7) is 0. The lowest BCUT2D eigenvalue weighted by Crippen LogP contribution is -2.15. The second kappa shape index (κ2) is 9.04. The van der Waals surface area contributed by atoms with E-state index in [0.717, 1.165) is 17.2 Å². The molecule has 0 saturated carbocycles. The summed E-state index contributed by atoms with van der Waals surface area (Å²) in [5.41, 5.74) is 3.37. The molecule has 10 heteroatoms. The largest absolute Gasteiger partial charge is 0.466 e. The smallest absolute Gasteiger partial charge is 0.354 e. The predicted octanol–water partition coefficient (Wildman–Crippen LogP) is 2.50. The molecule has 0 spiro atoms. The van der Waals surface area contributed by atoms with Gasteiger partial charge in [0.15, 0.2) is 11.5 Å². The molecule has 160 valence electrons. The number of pyridine rings is 1. The molecule has 10 nitrogen and oxygen atoms in total. The third kappa shape index (κ3) is 4.29. The molecule has 0 fully saturated rings. The van der Waals surface area contributed by atoms with Gasteiger partial charge in [-0.2, -0.15) is 9.61 Å². The minimum atomic E-state index is -0.702. The topological polar surface area (TPSA) is 121 Å². The van der Waals surface area contributed by atoms with E-state index in [1.54, 1.807) is 35.1 Å². The Balaban J connectivity index is 1.69. The van der Waals surface area contributed by atoms with Gasteiger partial charge in [-0.15, -0.1) is 10.2 Å². The van der Waals surface area contributed by atoms with Crippen molar-refractivity contribution in [2.45, 2.75) is 0 Å². The Morgan fingerprint density at radius 2 is 1.78 bits per heavy atom. The van der Waals surface area contributed by atoms with Gasteiger partial charge < -0.3 is 14.8 Å². The summed E-state index contributed by atoms with van der Waals surface area (Å²) in [6, 6.07) is 14.5. The molecule has 4 rings (SSSR count). The van der Waals surface area contributed by atoms with E-state index in [1.807, 2.05) is 30.3 Å². The summed E-state index contributed by atoms with van der Waals surface area (Å²) in [5.74, 6) is -0.795. The number of ether oxygens (including phenoxy) is 2. The molecule has 4 aromatic rings. The molecule has 0 radical (unpaired) electrons. The highest BCUT2D eigenvalue weighted by atomic mass is 16.5. The lowest BCUT2D eigenvalue weighted by atomic mass is 10.1. The van der Waals surface area contributed by atoms with Crippen LogP contribution in [-0.4, -0.2) is 51.0 Å². The molecule has 1 aromatic carbocycles. The molecule has 0 aliphatic heterocycles. The number of carbonyl (C=O) groups is 2. The number of nitrogens with zero attached hydrogens (tertiary/aromatic N) is 5. The van der Waals surface area contributed by atoms with Crippen molar-refractivity contribution in [2.24, 2.45) is 0 Å². The molecule has 0 aliphatic carbocycles. The summed E-state index contributed by atoms with van der Waals surface area (Å²) >= 11 is 0. The highest BCUT2D eigenvalue weighted by molar-refractivity contribution is 5.98. The number of aromatic nitrogens is 5. The zero-order valence-electron chi connectivity index (χ0n) is 17.2. The second-order valence-corrected chi connectivity index (χ2v) is 6.53. The minimum absolute atomic E-state index is 0.0568. The third-order valence-corrected chi connectivity index (χ3v) is 4.51. The molecule has 0 aliphatic rings. The number of hydrogen-bond acceptors (Lipinski definition) is 9. The maximum atomic E-state index is 12.0. The normalized spacial score (nSPS) is 11.2. The first kappa shape index (κ1) is 20.7. The van der Waals surface area contributed by atoms with Gasteiger partial charge in [-0.05, 0) is 36.4 Å². The van der Waals surface area contributed by atoms with Crippen LogP contribution < -0.4 is 5.32 Å². The maximum absolute atomic E-state index is 12.0. The van der Waals surface area contributed by atoms with E-state index in [2.05, 4.69) is 30.3 Å². The van der Waals surface area contributed by atoms with Crippen LogP contribution in [0, 0.1) is 0 Å². The van der Waals surface area contributed by atoms with E-state index < -0.39 is 11.9 Å². The molecule has 0 bridgehead atoms. The first-order valence-corrected chi connectivity index (χ1v) is 9.47. The standard InChI is InChI=1S/C22H18N6O4/c1-31-20(29)13-18(22(30)32-2)24-16-5-3-4-15(12-16)17-6-7-19-25-26-21(28(19)27-17)14-8-10-23-11-9-14/h3-13,24H,1-2H3/b18-13+. The maximum Gasteiger partial charge on any atom is 0.354 e. The molecule has 32 heavy (non-hydrogen) atoms. The van der Waals surface area contributed by atoms with E-state index >= 15 is 0 Å². The van der Waals surface area contributed by atoms with Gasteiger partial charge in [0.05, 0.1) is 26.0 Å². The van der Waals surface area contributed by atoms with Gasteiger partial charge in [-0.1, -0.05) is 12.1 Å². The summed E-state index contributed by atoms with van der Waals surface area (Å²) in [7, 11) is 2.45. The van der Waals surface area contributed by atoms with Crippen LogP contribution in [0.25, 0.3) is 28.3 Å². The number of benzene rings is 1. The number of nitrogens with one attached hydrogen (secondary N) is 1. The van der Waals surface area contributed by atoms with E-state index in [1.165, 1.54) is 14.2 Å². The number of fused-ring (bicyclic) bond motifs is 1. The molecular weight excluding hydrogens is 412 g/mol. The van der Waals surface area contributed by atoms with Crippen molar-refractivity contribution in [2.75, 3.05) is 19.5 Å². The average molecular weight is 430 g/mol. The van der Waals surface area contributed by atoms with Crippen LogP contribution in [0.4, 0.5) is 5.69 Å². The predicted molar refractivity (Wildman–Crippen MR) is 115 cm³/mol. The molecule has 0 atom stereocenters. The SMILES string of the molecule is COC(=O)/C=C(/Nc1cccc(-c2ccc3nnc(-c4ccncc4)n3n2)c1)C(=O)OC. The molecule has 3 heterocycles. The number of carbonyl (C=O) groups excluding carboxylic acids is 2. The summed E-state index contributed by atoms with van der Waals surface area (Å²) < 4.78 is 11.0. The van der Waals surface area contributed by atoms with E-state index in [9.17, 15) is 9.59 Å². The average Bonchev–Trinajstić information content (AvgIpc) is 3.27. The Morgan fingerprint density at radius 3 is 2.53 bits per heavy atom. The van der Waals surface area contributed by atoms with Gasteiger partial charge in [0.1, 0.15) is 5.70 Å². The monoisotopic (exact) mass is 430 g/mol. The summed E-state index contributed by atoms with van der Waals surface area (Å²) in [6.07, 6.45) is 4.38. The first-order valence-electron chi connectivity index (χ1n) is 9.47. The van der Waals surface area contributed by atoms with Gasteiger partial charge >= 0.3 is 11.9 Å². The Bertz CT molecular complexity index is 1320. The van der Waals surface area contributed by atoms with Crippen LogP contribution in [0.5, 0.6) is 0 Å². The van der Waals surface area contributed by atoms with E-state index in [4.69, 9.17) is 4.74 Å². The molecule has 3 aromatic heterocycles. The van der Waals surface area contributed by atoms with Gasteiger partial charge in [-0.3, -0.25) is 4.98 Å². The zero-order valence-corrected chi connectivity index (χ0v) is 17.2. The third-order valence-electron chi connectivity index (χ3n) is 4.51.